The number of allylic oxidation sites excluding steroid dienone is 1. The molecule has 0 bridgehead atoms. The van der Waals surface area contributed by atoms with Crippen LogP contribution in [0.15, 0.2) is 72.0 Å². The summed E-state index contributed by atoms with van der Waals surface area (Å²) in [5, 5.41) is 0.640. The summed E-state index contributed by atoms with van der Waals surface area (Å²) in [6.07, 6.45) is -0.227. The van der Waals surface area contributed by atoms with E-state index < -0.39 is 7.52 Å². The Morgan fingerprint density at radius 2 is 1.60 bits per heavy atom. The van der Waals surface area contributed by atoms with Crippen molar-refractivity contribution in [3.05, 3.63) is 83.1 Å². The van der Waals surface area contributed by atoms with Crippen molar-refractivity contribution in [3.63, 3.8) is 0 Å². The first-order valence-corrected chi connectivity index (χ1v) is 10.1. The van der Waals surface area contributed by atoms with Crippen molar-refractivity contribution in [2.45, 2.75) is 32.9 Å². The van der Waals surface area contributed by atoms with Crippen molar-refractivity contribution < 1.29 is 9.09 Å². The Balaban J connectivity index is 2.11. The fraction of sp³-hybridized carbons (Fsp3) is 0.286. The van der Waals surface area contributed by atoms with Crippen molar-refractivity contribution >= 4 is 12.8 Å². The van der Waals surface area contributed by atoms with Crippen LogP contribution in [0.2, 0.25) is 0 Å². The Morgan fingerprint density at radius 3 is 2.16 bits per heavy atom. The molecule has 4 heteroatoms. The van der Waals surface area contributed by atoms with Crippen LogP contribution in [0.25, 0.3) is 5.31 Å². The summed E-state index contributed by atoms with van der Waals surface area (Å²) in [5.74, 6) is 0. The van der Waals surface area contributed by atoms with Gasteiger partial charge in [0.1, 0.15) is 11.4 Å². The standard InChI is InChI=1S/C21H24NO2P/c1-16(2)15-20(18-11-7-5-8-12-18)25(23)22(4)17(3)21(24-25)19-13-9-6-10-14-19/h5-14,17,21H,1-4H3/t17-,21+,25?/m0/s1. The van der Waals surface area contributed by atoms with Gasteiger partial charge in [-0.15, -0.1) is 5.73 Å². The maximum atomic E-state index is 14.0. The third kappa shape index (κ3) is 3.42. The van der Waals surface area contributed by atoms with Crippen molar-refractivity contribution in [1.82, 2.24) is 4.67 Å². The van der Waals surface area contributed by atoms with Gasteiger partial charge in [0, 0.05) is 6.04 Å². The quantitative estimate of drug-likeness (QED) is 0.510. The second-order valence-corrected chi connectivity index (χ2v) is 8.94. The lowest BCUT2D eigenvalue weighted by Gasteiger charge is -2.22. The average molecular weight is 353 g/mol. The van der Waals surface area contributed by atoms with Gasteiger partial charge in [-0.3, -0.25) is 4.57 Å². The normalized spacial score (nSPS) is 26.2. The highest BCUT2D eigenvalue weighted by molar-refractivity contribution is 7.67. The van der Waals surface area contributed by atoms with Gasteiger partial charge >= 0.3 is 7.52 Å². The van der Waals surface area contributed by atoms with E-state index in [4.69, 9.17) is 4.52 Å². The predicted molar refractivity (Wildman–Crippen MR) is 103 cm³/mol. The third-order valence-electron chi connectivity index (χ3n) is 4.53. The second kappa shape index (κ2) is 7.15. The molecule has 1 aliphatic rings. The van der Waals surface area contributed by atoms with Crippen molar-refractivity contribution in [3.8, 4) is 0 Å². The first kappa shape index (κ1) is 17.9. The van der Waals surface area contributed by atoms with Crippen LogP contribution in [0, 0.1) is 0 Å². The van der Waals surface area contributed by atoms with Gasteiger partial charge in [-0.1, -0.05) is 60.7 Å². The van der Waals surface area contributed by atoms with E-state index in [-0.39, 0.29) is 12.1 Å². The van der Waals surface area contributed by atoms with E-state index in [9.17, 15) is 4.57 Å². The zero-order valence-corrected chi connectivity index (χ0v) is 16.0. The third-order valence-corrected chi connectivity index (χ3v) is 7.17. The summed E-state index contributed by atoms with van der Waals surface area (Å²) < 4.78 is 22.1. The molecule has 25 heavy (non-hydrogen) atoms. The Labute approximate surface area is 150 Å². The highest BCUT2D eigenvalue weighted by Crippen LogP contribution is 2.69. The smallest absolute Gasteiger partial charge is 0.304 e. The minimum atomic E-state index is -3.21. The molecular formula is C21H24NO2P. The van der Waals surface area contributed by atoms with Crippen LogP contribution in [-0.4, -0.2) is 17.8 Å². The molecule has 0 radical (unpaired) electrons. The minimum absolute atomic E-state index is 0.00547. The zero-order chi connectivity index (χ0) is 18.0. The second-order valence-electron chi connectivity index (χ2n) is 6.61. The summed E-state index contributed by atoms with van der Waals surface area (Å²) >= 11 is 0. The van der Waals surface area contributed by atoms with Crippen molar-refractivity contribution in [1.29, 1.82) is 0 Å². The van der Waals surface area contributed by atoms with E-state index in [0.29, 0.717) is 5.31 Å². The number of hydrogen-bond donors (Lipinski definition) is 0. The topological polar surface area (TPSA) is 29.5 Å². The molecule has 2 aromatic rings. The average Bonchev–Trinajstić information content (AvgIpc) is 2.86. The molecule has 3 rings (SSSR count). The highest BCUT2D eigenvalue weighted by atomic mass is 31.2. The van der Waals surface area contributed by atoms with Crippen molar-refractivity contribution in [2.75, 3.05) is 7.05 Å². The minimum Gasteiger partial charge on any atom is -0.304 e. The molecule has 0 spiro atoms. The molecule has 130 valence electrons. The van der Waals surface area contributed by atoms with Crippen LogP contribution in [0.3, 0.4) is 0 Å². The molecule has 0 aromatic heterocycles. The van der Waals surface area contributed by atoms with Gasteiger partial charge in [-0.2, -0.15) is 0 Å². The first-order valence-electron chi connectivity index (χ1n) is 8.50. The lowest BCUT2D eigenvalue weighted by atomic mass is 10.0. The van der Waals surface area contributed by atoms with E-state index in [1.54, 1.807) is 0 Å². The van der Waals surface area contributed by atoms with Gasteiger partial charge in [-0.05, 0) is 44.5 Å². The number of nitrogens with zero attached hydrogens (tertiary/aromatic N) is 1. The van der Waals surface area contributed by atoms with Gasteiger partial charge in [0.05, 0.1) is 0 Å². The van der Waals surface area contributed by atoms with Crippen LogP contribution >= 0.6 is 7.52 Å². The number of benzene rings is 2. The Kier molecular flexibility index (Phi) is 5.13. The van der Waals surface area contributed by atoms with Crippen LogP contribution in [0.1, 0.15) is 38.0 Å². The lowest BCUT2D eigenvalue weighted by Crippen LogP contribution is -2.23. The maximum absolute atomic E-state index is 14.0. The molecule has 0 saturated carbocycles. The molecule has 2 aromatic carbocycles. The van der Waals surface area contributed by atoms with Crippen LogP contribution in [0.5, 0.6) is 0 Å². The lowest BCUT2D eigenvalue weighted by molar-refractivity contribution is 0.212. The van der Waals surface area contributed by atoms with Gasteiger partial charge in [0.15, 0.2) is 0 Å². The van der Waals surface area contributed by atoms with Crippen molar-refractivity contribution in [2.24, 2.45) is 0 Å². The molecule has 0 N–H and O–H groups in total. The molecule has 0 amide bonds. The van der Waals surface area contributed by atoms with Gasteiger partial charge in [-0.25, -0.2) is 4.67 Å². The molecule has 1 fully saturated rings. The Hall–Kier alpha value is -1.89. The van der Waals surface area contributed by atoms with E-state index >= 15 is 0 Å². The molecule has 3 nitrogen and oxygen atoms in total. The predicted octanol–water partition coefficient (Wildman–Crippen LogP) is 5.88. The largest absolute Gasteiger partial charge is 0.311 e. The van der Waals surface area contributed by atoms with E-state index in [2.05, 4.69) is 12.7 Å². The van der Waals surface area contributed by atoms with Crippen LogP contribution in [0.4, 0.5) is 0 Å². The van der Waals surface area contributed by atoms with E-state index in [1.807, 2.05) is 86.2 Å². The Bertz CT molecular complexity index is 850. The Morgan fingerprint density at radius 1 is 1.04 bits per heavy atom. The molecule has 1 saturated heterocycles. The highest BCUT2D eigenvalue weighted by Gasteiger charge is 2.49. The number of hydrogen-bond acceptors (Lipinski definition) is 2. The van der Waals surface area contributed by atoms with Gasteiger partial charge in [0.25, 0.3) is 0 Å². The maximum Gasteiger partial charge on any atom is 0.311 e. The summed E-state index contributed by atoms with van der Waals surface area (Å²) in [5.41, 5.74) is 6.21. The summed E-state index contributed by atoms with van der Waals surface area (Å²) in [7, 11) is -1.33. The molecule has 3 atom stereocenters. The summed E-state index contributed by atoms with van der Waals surface area (Å²) in [6.45, 7) is 5.98. The monoisotopic (exact) mass is 353 g/mol. The van der Waals surface area contributed by atoms with Gasteiger partial charge in [0.2, 0.25) is 0 Å². The molecular weight excluding hydrogens is 329 g/mol. The SMILES string of the molecule is CC(C)=C=C(c1ccccc1)P1(=O)O[C@@H](c2ccccc2)[C@H](C)N1C. The molecule has 0 aliphatic carbocycles. The molecule has 1 aliphatic heterocycles. The fourth-order valence-corrected chi connectivity index (χ4v) is 5.70. The molecule has 1 heterocycles. The fourth-order valence-electron chi connectivity index (χ4n) is 3.08. The summed E-state index contributed by atoms with van der Waals surface area (Å²) in [6, 6.07) is 19.8. The first-order chi connectivity index (χ1) is 11.9. The van der Waals surface area contributed by atoms with Crippen LogP contribution < -0.4 is 0 Å². The number of rotatable bonds is 3. The molecule has 1 unspecified atom stereocenters. The van der Waals surface area contributed by atoms with E-state index in [0.717, 1.165) is 16.7 Å². The summed E-state index contributed by atoms with van der Waals surface area (Å²) in [4.78, 5) is 0. The zero-order valence-electron chi connectivity index (χ0n) is 15.1. The number of likely N-dealkylation sites (N-methyl/N-ethyl adjacent to an activating group) is 1. The van der Waals surface area contributed by atoms with E-state index in [1.165, 1.54) is 0 Å². The van der Waals surface area contributed by atoms with Gasteiger partial charge < -0.3 is 4.52 Å². The van der Waals surface area contributed by atoms with Crippen LogP contribution in [-0.2, 0) is 9.09 Å².